The number of carbonyl (C=O) groups is 1. The Bertz CT molecular complexity index is 430. The fraction of sp³-hybridized carbons (Fsp3) is 0.533. The van der Waals surface area contributed by atoms with Crippen LogP contribution in [0.5, 0.6) is 0 Å². The van der Waals surface area contributed by atoms with Crippen LogP contribution in [0.15, 0.2) is 28.7 Å². The predicted octanol–water partition coefficient (Wildman–Crippen LogP) is 2.39. The molecular weight excluding hydrogens is 320 g/mol. The molecule has 2 atom stereocenters. The second-order valence-electron chi connectivity index (χ2n) is 5.01. The summed E-state index contributed by atoms with van der Waals surface area (Å²) in [5.74, 6) is 0.0720. The third kappa shape index (κ3) is 4.58. The van der Waals surface area contributed by atoms with E-state index in [-0.39, 0.29) is 18.0 Å². The monoisotopic (exact) mass is 340 g/mol. The zero-order valence-corrected chi connectivity index (χ0v) is 13.3. The first-order valence-corrected chi connectivity index (χ1v) is 7.84. The van der Waals surface area contributed by atoms with Gasteiger partial charge in [-0.3, -0.25) is 4.79 Å². The number of hydrogen-bond acceptors (Lipinski definition) is 3. The largest absolute Gasteiger partial charge is 0.378 e. The number of rotatable bonds is 5. The molecule has 2 unspecified atom stereocenters. The lowest BCUT2D eigenvalue weighted by atomic mass is 10.0. The van der Waals surface area contributed by atoms with Gasteiger partial charge in [0.05, 0.1) is 19.3 Å². The molecular formula is C15H21BrN2O2. The minimum absolute atomic E-state index is 0.0695. The molecule has 1 aromatic carbocycles. The fourth-order valence-corrected chi connectivity index (χ4v) is 2.61. The van der Waals surface area contributed by atoms with Crippen LogP contribution in [0.25, 0.3) is 0 Å². The number of carbonyl (C=O) groups excluding carboxylic acids is 1. The van der Waals surface area contributed by atoms with E-state index >= 15 is 0 Å². The second kappa shape index (κ2) is 7.76. The highest BCUT2D eigenvalue weighted by Gasteiger charge is 2.19. The van der Waals surface area contributed by atoms with E-state index < -0.39 is 0 Å². The Morgan fingerprint density at radius 2 is 2.25 bits per heavy atom. The number of nitrogens with one attached hydrogen (secondary N) is 2. The maximum atomic E-state index is 12.1. The third-order valence-electron chi connectivity index (χ3n) is 3.45. The third-order valence-corrected chi connectivity index (χ3v) is 3.97. The highest BCUT2D eigenvalue weighted by molar-refractivity contribution is 9.10. The van der Waals surface area contributed by atoms with Crippen LogP contribution in [-0.2, 0) is 9.53 Å². The summed E-state index contributed by atoms with van der Waals surface area (Å²) in [6, 6.07) is 8.29. The molecule has 0 spiro atoms. The van der Waals surface area contributed by atoms with Gasteiger partial charge >= 0.3 is 0 Å². The van der Waals surface area contributed by atoms with Gasteiger partial charge in [-0.25, -0.2) is 0 Å². The first-order chi connectivity index (χ1) is 9.69. The maximum Gasteiger partial charge on any atom is 0.222 e. The minimum Gasteiger partial charge on any atom is -0.378 e. The Kier molecular flexibility index (Phi) is 6.01. The van der Waals surface area contributed by atoms with Crippen LogP contribution in [0.1, 0.15) is 31.4 Å². The smallest absolute Gasteiger partial charge is 0.222 e. The lowest BCUT2D eigenvalue weighted by molar-refractivity contribution is -0.123. The molecule has 110 valence electrons. The molecule has 0 bridgehead atoms. The maximum absolute atomic E-state index is 12.1. The summed E-state index contributed by atoms with van der Waals surface area (Å²) in [5.41, 5.74) is 1.14. The van der Waals surface area contributed by atoms with E-state index in [4.69, 9.17) is 4.74 Å². The lowest BCUT2D eigenvalue weighted by Crippen LogP contribution is -2.44. The van der Waals surface area contributed by atoms with Crippen molar-refractivity contribution in [2.24, 2.45) is 0 Å². The summed E-state index contributed by atoms with van der Waals surface area (Å²) >= 11 is 3.42. The van der Waals surface area contributed by atoms with Gasteiger partial charge in [-0.05, 0) is 24.1 Å². The average Bonchev–Trinajstić information content (AvgIpc) is 2.47. The van der Waals surface area contributed by atoms with Crippen molar-refractivity contribution < 1.29 is 9.53 Å². The van der Waals surface area contributed by atoms with Gasteiger partial charge in [0.2, 0.25) is 5.91 Å². The molecule has 0 aromatic heterocycles. The highest BCUT2D eigenvalue weighted by Crippen LogP contribution is 2.19. The van der Waals surface area contributed by atoms with E-state index in [1.165, 1.54) is 0 Å². The number of ether oxygens (including phenoxy) is 1. The van der Waals surface area contributed by atoms with Crippen LogP contribution in [-0.4, -0.2) is 31.7 Å². The molecule has 0 aliphatic carbocycles. The Hall–Kier alpha value is -0.910. The van der Waals surface area contributed by atoms with Gasteiger partial charge in [0.25, 0.3) is 0 Å². The number of amides is 1. The van der Waals surface area contributed by atoms with Gasteiger partial charge in [0, 0.05) is 23.5 Å². The molecule has 1 aliphatic rings. The molecule has 0 saturated carbocycles. The molecule has 0 radical (unpaired) electrons. The standard InChI is InChI=1S/C15H21BrN2O2/c1-2-14(11-3-5-12(16)6-4-11)18-15(19)9-13-10-20-8-7-17-13/h3-6,13-14,17H,2,7-10H2,1H3,(H,18,19). The highest BCUT2D eigenvalue weighted by atomic mass is 79.9. The predicted molar refractivity (Wildman–Crippen MR) is 82.5 cm³/mol. The average molecular weight is 341 g/mol. The van der Waals surface area contributed by atoms with E-state index in [0.29, 0.717) is 13.0 Å². The molecule has 5 heteroatoms. The van der Waals surface area contributed by atoms with Crippen LogP contribution in [0.2, 0.25) is 0 Å². The van der Waals surface area contributed by atoms with Crippen molar-refractivity contribution >= 4 is 21.8 Å². The number of benzene rings is 1. The van der Waals surface area contributed by atoms with Crippen molar-refractivity contribution in [2.45, 2.75) is 31.8 Å². The first kappa shape index (κ1) is 15.5. The van der Waals surface area contributed by atoms with E-state index in [9.17, 15) is 4.79 Å². The fourth-order valence-electron chi connectivity index (χ4n) is 2.34. The van der Waals surface area contributed by atoms with Crippen molar-refractivity contribution in [3.05, 3.63) is 34.3 Å². The van der Waals surface area contributed by atoms with Gasteiger partial charge in [-0.15, -0.1) is 0 Å². The zero-order chi connectivity index (χ0) is 14.4. The van der Waals surface area contributed by atoms with Crippen molar-refractivity contribution in [3.8, 4) is 0 Å². The Balaban J connectivity index is 1.88. The molecule has 4 nitrogen and oxygen atoms in total. The summed E-state index contributed by atoms with van der Waals surface area (Å²) < 4.78 is 6.41. The molecule has 1 aromatic rings. The van der Waals surface area contributed by atoms with Crippen LogP contribution in [0.3, 0.4) is 0 Å². The summed E-state index contributed by atoms with van der Waals surface area (Å²) in [7, 11) is 0. The van der Waals surface area contributed by atoms with Gasteiger partial charge in [0.15, 0.2) is 0 Å². The van der Waals surface area contributed by atoms with E-state index in [1.807, 2.05) is 24.3 Å². The van der Waals surface area contributed by atoms with Gasteiger partial charge in [-0.1, -0.05) is 35.0 Å². The van der Waals surface area contributed by atoms with Gasteiger partial charge < -0.3 is 15.4 Å². The SMILES string of the molecule is CCC(NC(=O)CC1COCCN1)c1ccc(Br)cc1. The minimum atomic E-state index is 0.0695. The molecule has 1 aliphatic heterocycles. The molecule has 1 fully saturated rings. The molecule has 1 saturated heterocycles. The lowest BCUT2D eigenvalue weighted by Gasteiger charge is -2.24. The molecule has 2 rings (SSSR count). The van der Waals surface area contributed by atoms with Crippen molar-refractivity contribution in [1.29, 1.82) is 0 Å². The number of halogens is 1. The van der Waals surface area contributed by atoms with Crippen LogP contribution < -0.4 is 10.6 Å². The van der Waals surface area contributed by atoms with Crippen LogP contribution in [0.4, 0.5) is 0 Å². The molecule has 2 N–H and O–H groups in total. The first-order valence-electron chi connectivity index (χ1n) is 7.05. The Labute approximate surface area is 128 Å². The topological polar surface area (TPSA) is 50.4 Å². The van der Waals surface area contributed by atoms with Gasteiger partial charge in [0.1, 0.15) is 0 Å². The summed E-state index contributed by atoms with van der Waals surface area (Å²) in [5, 5.41) is 6.40. The van der Waals surface area contributed by atoms with Crippen LogP contribution in [0, 0.1) is 0 Å². The summed E-state index contributed by atoms with van der Waals surface area (Å²) in [4.78, 5) is 12.1. The van der Waals surface area contributed by atoms with Gasteiger partial charge in [-0.2, -0.15) is 0 Å². The van der Waals surface area contributed by atoms with E-state index in [2.05, 4.69) is 33.5 Å². The summed E-state index contributed by atoms with van der Waals surface area (Å²) in [6.45, 7) is 4.24. The second-order valence-corrected chi connectivity index (χ2v) is 5.93. The van der Waals surface area contributed by atoms with Crippen molar-refractivity contribution in [1.82, 2.24) is 10.6 Å². The number of morpholine rings is 1. The van der Waals surface area contributed by atoms with Crippen molar-refractivity contribution in [3.63, 3.8) is 0 Å². The number of hydrogen-bond donors (Lipinski definition) is 2. The van der Waals surface area contributed by atoms with E-state index in [1.54, 1.807) is 0 Å². The quantitative estimate of drug-likeness (QED) is 0.865. The van der Waals surface area contributed by atoms with Crippen molar-refractivity contribution in [2.75, 3.05) is 19.8 Å². The normalized spacial score (nSPS) is 20.4. The molecule has 20 heavy (non-hydrogen) atoms. The molecule has 1 amide bonds. The Morgan fingerprint density at radius 1 is 1.50 bits per heavy atom. The zero-order valence-electron chi connectivity index (χ0n) is 11.7. The Morgan fingerprint density at radius 3 is 2.85 bits per heavy atom. The summed E-state index contributed by atoms with van der Waals surface area (Å²) in [6.07, 6.45) is 1.34. The molecule has 1 heterocycles. The van der Waals surface area contributed by atoms with E-state index in [0.717, 1.165) is 29.6 Å². The van der Waals surface area contributed by atoms with Crippen LogP contribution >= 0.6 is 15.9 Å².